The SMILES string of the molecule is C=C(Nc1ccccc1)N1CCOCN1. The van der Waals surface area contributed by atoms with Crippen LogP contribution in [0.2, 0.25) is 0 Å². The second-order valence-corrected chi connectivity index (χ2v) is 3.30. The summed E-state index contributed by atoms with van der Waals surface area (Å²) in [5.74, 6) is 0.837. The van der Waals surface area contributed by atoms with Gasteiger partial charge in [-0.2, -0.15) is 0 Å². The van der Waals surface area contributed by atoms with E-state index in [-0.39, 0.29) is 0 Å². The second kappa shape index (κ2) is 4.82. The molecule has 0 saturated carbocycles. The zero-order chi connectivity index (χ0) is 10.5. The number of benzene rings is 1. The molecule has 1 aliphatic heterocycles. The van der Waals surface area contributed by atoms with Crippen LogP contribution in [0.1, 0.15) is 0 Å². The standard InChI is InChI=1S/C11H15N3O/c1-10(14-7-8-15-9-12-14)13-11-5-3-2-4-6-11/h2-6,12-13H,1,7-9H2. The molecule has 1 saturated heterocycles. The van der Waals surface area contributed by atoms with Gasteiger partial charge < -0.3 is 10.1 Å². The van der Waals surface area contributed by atoms with Gasteiger partial charge in [-0.1, -0.05) is 24.8 Å². The molecule has 1 aromatic rings. The Labute approximate surface area is 89.5 Å². The van der Waals surface area contributed by atoms with Gasteiger partial charge in [-0.25, -0.2) is 5.43 Å². The van der Waals surface area contributed by atoms with Crippen LogP contribution >= 0.6 is 0 Å². The third-order valence-corrected chi connectivity index (χ3v) is 2.20. The highest BCUT2D eigenvalue weighted by molar-refractivity contribution is 5.46. The number of para-hydroxylation sites is 1. The van der Waals surface area contributed by atoms with Crippen LogP contribution in [-0.2, 0) is 4.74 Å². The summed E-state index contributed by atoms with van der Waals surface area (Å²) in [7, 11) is 0. The van der Waals surface area contributed by atoms with Crippen LogP contribution in [-0.4, -0.2) is 24.9 Å². The van der Waals surface area contributed by atoms with E-state index in [0.29, 0.717) is 6.73 Å². The maximum absolute atomic E-state index is 5.18. The van der Waals surface area contributed by atoms with Crippen LogP contribution in [0.3, 0.4) is 0 Å². The maximum atomic E-state index is 5.18. The number of nitrogens with zero attached hydrogens (tertiary/aromatic N) is 1. The van der Waals surface area contributed by atoms with Crippen molar-refractivity contribution in [1.29, 1.82) is 0 Å². The van der Waals surface area contributed by atoms with Crippen molar-refractivity contribution in [1.82, 2.24) is 10.4 Å². The van der Waals surface area contributed by atoms with Gasteiger partial charge in [0.25, 0.3) is 0 Å². The first-order valence-electron chi connectivity index (χ1n) is 4.96. The molecule has 0 atom stereocenters. The Balaban J connectivity index is 1.91. The van der Waals surface area contributed by atoms with Gasteiger partial charge >= 0.3 is 0 Å². The summed E-state index contributed by atoms with van der Waals surface area (Å²) in [4.78, 5) is 0. The van der Waals surface area contributed by atoms with Crippen LogP contribution < -0.4 is 10.7 Å². The fourth-order valence-electron chi connectivity index (χ4n) is 1.42. The van der Waals surface area contributed by atoms with Crippen molar-refractivity contribution < 1.29 is 4.74 Å². The quantitative estimate of drug-likeness (QED) is 0.781. The van der Waals surface area contributed by atoms with E-state index in [1.807, 2.05) is 35.3 Å². The average Bonchev–Trinajstić information content (AvgIpc) is 2.31. The average molecular weight is 205 g/mol. The van der Waals surface area contributed by atoms with Crippen LogP contribution in [0.5, 0.6) is 0 Å². The first kappa shape index (κ1) is 10.0. The molecule has 2 rings (SSSR count). The number of hydrogen-bond donors (Lipinski definition) is 2. The van der Waals surface area contributed by atoms with Gasteiger partial charge in [-0.15, -0.1) is 0 Å². The highest BCUT2D eigenvalue weighted by atomic mass is 16.5. The minimum atomic E-state index is 0.537. The molecule has 0 radical (unpaired) electrons. The van der Waals surface area contributed by atoms with E-state index in [0.717, 1.165) is 24.7 Å². The molecule has 4 heteroatoms. The van der Waals surface area contributed by atoms with E-state index in [1.165, 1.54) is 0 Å². The highest BCUT2D eigenvalue weighted by Crippen LogP contribution is 2.10. The van der Waals surface area contributed by atoms with Gasteiger partial charge in [-0.05, 0) is 12.1 Å². The summed E-state index contributed by atoms with van der Waals surface area (Å²) in [6.45, 7) is 6.04. The van der Waals surface area contributed by atoms with Crippen LogP contribution in [0.25, 0.3) is 0 Å². The molecule has 1 fully saturated rings. The Bertz CT molecular complexity index is 320. The number of anilines is 1. The molecule has 0 aromatic heterocycles. The molecule has 1 aromatic carbocycles. The summed E-state index contributed by atoms with van der Waals surface area (Å²) < 4.78 is 5.18. The number of ether oxygens (including phenoxy) is 1. The van der Waals surface area contributed by atoms with Crippen molar-refractivity contribution in [2.24, 2.45) is 0 Å². The van der Waals surface area contributed by atoms with Gasteiger partial charge in [0.05, 0.1) is 13.2 Å². The van der Waals surface area contributed by atoms with E-state index < -0.39 is 0 Å². The molecule has 0 amide bonds. The van der Waals surface area contributed by atoms with Crippen molar-refractivity contribution in [2.75, 3.05) is 25.2 Å². The lowest BCUT2D eigenvalue weighted by atomic mass is 10.3. The Morgan fingerprint density at radius 3 is 2.87 bits per heavy atom. The predicted octanol–water partition coefficient (Wildman–Crippen LogP) is 1.36. The Morgan fingerprint density at radius 2 is 2.20 bits per heavy atom. The fraction of sp³-hybridized carbons (Fsp3) is 0.273. The van der Waals surface area contributed by atoms with Crippen LogP contribution in [0.15, 0.2) is 42.7 Å². The smallest absolute Gasteiger partial charge is 0.114 e. The van der Waals surface area contributed by atoms with Gasteiger partial charge in [-0.3, -0.25) is 5.01 Å². The number of rotatable bonds is 3. The van der Waals surface area contributed by atoms with E-state index in [9.17, 15) is 0 Å². The normalized spacial score (nSPS) is 16.1. The summed E-state index contributed by atoms with van der Waals surface area (Å²) in [6, 6.07) is 9.98. The molecule has 2 N–H and O–H groups in total. The summed E-state index contributed by atoms with van der Waals surface area (Å²) in [6.07, 6.45) is 0. The first-order chi connectivity index (χ1) is 7.36. The van der Waals surface area contributed by atoms with Crippen molar-refractivity contribution in [2.45, 2.75) is 0 Å². The van der Waals surface area contributed by atoms with E-state index >= 15 is 0 Å². The minimum absolute atomic E-state index is 0.537. The molecule has 0 spiro atoms. The Morgan fingerprint density at radius 1 is 1.40 bits per heavy atom. The summed E-state index contributed by atoms with van der Waals surface area (Å²) in [5.41, 5.74) is 4.13. The van der Waals surface area contributed by atoms with Gasteiger partial charge in [0, 0.05) is 5.69 Å². The highest BCUT2D eigenvalue weighted by Gasteiger charge is 2.10. The molecule has 1 heterocycles. The van der Waals surface area contributed by atoms with Gasteiger partial charge in [0.1, 0.15) is 12.6 Å². The topological polar surface area (TPSA) is 36.5 Å². The lowest BCUT2D eigenvalue weighted by molar-refractivity contribution is 0.000135. The first-order valence-corrected chi connectivity index (χ1v) is 4.96. The molecule has 15 heavy (non-hydrogen) atoms. The summed E-state index contributed by atoms with van der Waals surface area (Å²) in [5, 5.41) is 5.18. The molecule has 0 bridgehead atoms. The van der Waals surface area contributed by atoms with E-state index in [2.05, 4.69) is 17.3 Å². The predicted molar refractivity (Wildman–Crippen MR) is 59.9 cm³/mol. The summed E-state index contributed by atoms with van der Waals surface area (Å²) >= 11 is 0. The Hall–Kier alpha value is -1.52. The third kappa shape index (κ3) is 2.71. The van der Waals surface area contributed by atoms with E-state index in [1.54, 1.807) is 0 Å². The molecule has 0 aliphatic carbocycles. The van der Waals surface area contributed by atoms with Crippen molar-refractivity contribution in [3.05, 3.63) is 42.7 Å². The van der Waals surface area contributed by atoms with E-state index in [4.69, 9.17) is 4.74 Å². The molecular weight excluding hydrogens is 190 g/mol. The monoisotopic (exact) mass is 205 g/mol. The molecule has 80 valence electrons. The lowest BCUT2D eigenvalue weighted by Crippen LogP contribution is -2.46. The number of nitrogens with one attached hydrogen (secondary N) is 2. The zero-order valence-electron chi connectivity index (χ0n) is 8.57. The molecular formula is C11H15N3O. The van der Waals surface area contributed by atoms with Crippen LogP contribution in [0.4, 0.5) is 5.69 Å². The third-order valence-electron chi connectivity index (χ3n) is 2.20. The zero-order valence-corrected chi connectivity index (χ0v) is 8.57. The molecule has 1 aliphatic rings. The van der Waals surface area contributed by atoms with Crippen molar-refractivity contribution in [3.63, 3.8) is 0 Å². The van der Waals surface area contributed by atoms with Gasteiger partial charge in [0.2, 0.25) is 0 Å². The lowest BCUT2D eigenvalue weighted by Gasteiger charge is -2.31. The number of hydrogen-bond acceptors (Lipinski definition) is 4. The fourth-order valence-corrected chi connectivity index (χ4v) is 1.42. The largest absolute Gasteiger partial charge is 0.363 e. The molecule has 4 nitrogen and oxygen atoms in total. The minimum Gasteiger partial charge on any atom is -0.363 e. The molecule has 0 unspecified atom stereocenters. The number of hydrazine groups is 1. The Kier molecular flexibility index (Phi) is 3.22. The van der Waals surface area contributed by atoms with Gasteiger partial charge in [0.15, 0.2) is 0 Å². The van der Waals surface area contributed by atoms with Crippen molar-refractivity contribution >= 4 is 5.69 Å². The maximum Gasteiger partial charge on any atom is 0.114 e. The van der Waals surface area contributed by atoms with Crippen LogP contribution in [0, 0.1) is 0 Å². The van der Waals surface area contributed by atoms with Crippen molar-refractivity contribution in [3.8, 4) is 0 Å². The second-order valence-electron chi connectivity index (χ2n) is 3.30.